The van der Waals surface area contributed by atoms with Crippen LogP contribution in [-0.2, 0) is 9.53 Å². The van der Waals surface area contributed by atoms with Gasteiger partial charge in [0.05, 0.1) is 0 Å². The van der Waals surface area contributed by atoms with E-state index in [9.17, 15) is 4.79 Å². The van der Waals surface area contributed by atoms with Gasteiger partial charge in [0.1, 0.15) is 6.10 Å². The third kappa shape index (κ3) is 4.59. The topological polar surface area (TPSA) is 26.3 Å². The predicted octanol–water partition coefficient (Wildman–Crippen LogP) is 2.15. The summed E-state index contributed by atoms with van der Waals surface area (Å²) in [5.41, 5.74) is 0. The van der Waals surface area contributed by atoms with Crippen molar-refractivity contribution in [1.29, 1.82) is 0 Å². The largest absolute Gasteiger partial charge is 0.458 e. The molecule has 0 saturated carbocycles. The lowest BCUT2D eigenvalue weighted by molar-refractivity contribution is -0.145. The SMILES string of the molecule is CC=CC(OC(C)=O)C(C)C. The van der Waals surface area contributed by atoms with Crippen molar-refractivity contribution >= 4 is 5.97 Å². The summed E-state index contributed by atoms with van der Waals surface area (Å²) in [6.07, 6.45) is 3.72. The van der Waals surface area contributed by atoms with Crippen LogP contribution in [0.1, 0.15) is 27.7 Å². The second-order valence-corrected chi connectivity index (χ2v) is 2.84. The lowest BCUT2D eigenvalue weighted by Crippen LogP contribution is -2.19. The number of allylic oxidation sites excluding steroid dienone is 1. The molecule has 0 amide bonds. The van der Waals surface area contributed by atoms with E-state index < -0.39 is 0 Å². The molecule has 0 aromatic carbocycles. The molecule has 0 aliphatic carbocycles. The van der Waals surface area contributed by atoms with Crippen LogP contribution in [0, 0.1) is 5.92 Å². The van der Waals surface area contributed by atoms with Gasteiger partial charge in [-0.05, 0) is 18.9 Å². The van der Waals surface area contributed by atoms with Crippen LogP contribution in [0.15, 0.2) is 12.2 Å². The molecule has 0 aromatic rings. The fourth-order valence-electron chi connectivity index (χ4n) is 0.779. The van der Waals surface area contributed by atoms with Crippen LogP contribution in [-0.4, -0.2) is 12.1 Å². The van der Waals surface area contributed by atoms with E-state index >= 15 is 0 Å². The van der Waals surface area contributed by atoms with E-state index in [2.05, 4.69) is 0 Å². The summed E-state index contributed by atoms with van der Waals surface area (Å²) in [6.45, 7) is 7.39. The summed E-state index contributed by atoms with van der Waals surface area (Å²) in [7, 11) is 0. The van der Waals surface area contributed by atoms with Crippen LogP contribution in [0.3, 0.4) is 0 Å². The lowest BCUT2D eigenvalue weighted by atomic mass is 10.1. The minimum Gasteiger partial charge on any atom is -0.458 e. The Labute approximate surface area is 68.2 Å². The van der Waals surface area contributed by atoms with Crippen LogP contribution in [0.25, 0.3) is 0 Å². The Balaban J connectivity index is 4.00. The van der Waals surface area contributed by atoms with Crippen molar-refractivity contribution in [2.24, 2.45) is 5.92 Å². The van der Waals surface area contributed by atoms with Crippen molar-refractivity contribution < 1.29 is 9.53 Å². The Morgan fingerprint density at radius 2 is 2.00 bits per heavy atom. The van der Waals surface area contributed by atoms with Gasteiger partial charge in [0.25, 0.3) is 0 Å². The second kappa shape index (κ2) is 4.94. The van der Waals surface area contributed by atoms with Gasteiger partial charge in [0.15, 0.2) is 0 Å². The highest BCUT2D eigenvalue weighted by Gasteiger charge is 2.11. The minimum absolute atomic E-state index is 0.0718. The van der Waals surface area contributed by atoms with E-state index in [0.717, 1.165) is 0 Å². The van der Waals surface area contributed by atoms with Crippen molar-refractivity contribution in [3.05, 3.63) is 12.2 Å². The number of hydrogen-bond donors (Lipinski definition) is 0. The number of carbonyl (C=O) groups excluding carboxylic acids is 1. The zero-order valence-corrected chi connectivity index (χ0v) is 7.63. The van der Waals surface area contributed by atoms with Crippen molar-refractivity contribution in [2.75, 3.05) is 0 Å². The van der Waals surface area contributed by atoms with E-state index in [0.29, 0.717) is 5.92 Å². The maximum absolute atomic E-state index is 10.6. The molecule has 0 spiro atoms. The molecule has 0 aliphatic rings. The monoisotopic (exact) mass is 156 g/mol. The van der Waals surface area contributed by atoms with Crippen LogP contribution in [0.2, 0.25) is 0 Å². The number of hydrogen-bond acceptors (Lipinski definition) is 2. The summed E-state index contributed by atoms with van der Waals surface area (Å²) < 4.78 is 5.03. The quantitative estimate of drug-likeness (QED) is 0.462. The Hall–Kier alpha value is -0.790. The Bertz CT molecular complexity index is 148. The van der Waals surface area contributed by atoms with E-state index in [1.165, 1.54) is 6.92 Å². The van der Waals surface area contributed by atoms with Crippen molar-refractivity contribution in [1.82, 2.24) is 0 Å². The maximum Gasteiger partial charge on any atom is 0.303 e. The van der Waals surface area contributed by atoms with E-state index in [4.69, 9.17) is 4.74 Å². The zero-order valence-electron chi connectivity index (χ0n) is 7.63. The van der Waals surface area contributed by atoms with Crippen LogP contribution >= 0.6 is 0 Å². The van der Waals surface area contributed by atoms with Gasteiger partial charge in [-0.3, -0.25) is 4.79 Å². The highest BCUT2D eigenvalue weighted by Crippen LogP contribution is 2.07. The maximum atomic E-state index is 10.6. The molecule has 0 saturated heterocycles. The molecule has 0 heterocycles. The normalized spacial score (nSPS) is 13.9. The van der Waals surface area contributed by atoms with Gasteiger partial charge in [-0.25, -0.2) is 0 Å². The van der Waals surface area contributed by atoms with Gasteiger partial charge >= 0.3 is 5.97 Å². The van der Waals surface area contributed by atoms with E-state index in [1.807, 2.05) is 32.9 Å². The zero-order chi connectivity index (χ0) is 8.85. The fourth-order valence-corrected chi connectivity index (χ4v) is 0.779. The Kier molecular flexibility index (Phi) is 4.59. The molecule has 0 fully saturated rings. The standard InChI is InChI=1S/C9H16O2/c1-5-6-9(7(2)3)11-8(4)10/h5-7,9H,1-4H3. The van der Waals surface area contributed by atoms with Gasteiger partial charge in [-0.2, -0.15) is 0 Å². The number of rotatable bonds is 3. The first kappa shape index (κ1) is 10.2. The molecule has 1 unspecified atom stereocenters. The number of ether oxygens (including phenoxy) is 1. The highest BCUT2D eigenvalue weighted by atomic mass is 16.5. The van der Waals surface area contributed by atoms with Crippen LogP contribution in [0.5, 0.6) is 0 Å². The third-order valence-corrected chi connectivity index (χ3v) is 1.34. The molecule has 0 bridgehead atoms. The van der Waals surface area contributed by atoms with E-state index in [-0.39, 0.29) is 12.1 Å². The first-order valence-electron chi connectivity index (χ1n) is 3.88. The molecule has 0 rings (SSSR count). The molecule has 0 N–H and O–H groups in total. The molecule has 64 valence electrons. The molecule has 2 heteroatoms. The van der Waals surface area contributed by atoms with Crippen molar-refractivity contribution in [3.8, 4) is 0 Å². The van der Waals surface area contributed by atoms with Crippen LogP contribution in [0.4, 0.5) is 0 Å². The summed E-state index contributed by atoms with van der Waals surface area (Å²) in [5, 5.41) is 0. The van der Waals surface area contributed by atoms with Crippen LogP contribution < -0.4 is 0 Å². The summed E-state index contributed by atoms with van der Waals surface area (Å²) in [5.74, 6) is 0.122. The summed E-state index contributed by atoms with van der Waals surface area (Å²) in [4.78, 5) is 10.6. The second-order valence-electron chi connectivity index (χ2n) is 2.84. The van der Waals surface area contributed by atoms with E-state index in [1.54, 1.807) is 0 Å². The lowest BCUT2D eigenvalue weighted by Gasteiger charge is -2.16. The molecule has 0 aromatic heterocycles. The third-order valence-electron chi connectivity index (χ3n) is 1.34. The average molecular weight is 156 g/mol. The van der Waals surface area contributed by atoms with Gasteiger partial charge in [-0.15, -0.1) is 0 Å². The molecule has 0 aliphatic heterocycles. The van der Waals surface area contributed by atoms with Crippen molar-refractivity contribution in [3.63, 3.8) is 0 Å². The summed E-state index contributed by atoms with van der Waals surface area (Å²) in [6, 6.07) is 0. The Morgan fingerprint density at radius 1 is 1.45 bits per heavy atom. The smallest absolute Gasteiger partial charge is 0.303 e. The number of esters is 1. The first-order valence-corrected chi connectivity index (χ1v) is 3.88. The molecular weight excluding hydrogens is 140 g/mol. The van der Waals surface area contributed by atoms with Gasteiger partial charge in [0.2, 0.25) is 0 Å². The first-order chi connectivity index (χ1) is 5.07. The molecular formula is C9H16O2. The Morgan fingerprint density at radius 3 is 2.27 bits per heavy atom. The molecule has 0 radical (unpaired) electrons. The molecule has 1 atom stereocenters. The molecule has 2 nitrogen and oxygen atoms in total. The summed E-state index contributed by atoms with van der Waals surface area (Å²) >= 11 is 0. The predicted molar refractivity (Wildman–Crippen MR) is 45.2 cm³/mol. The van der Waals surface area contributed by atoms with Gasteiger partial charge in [-0.1, -0.05) is 19.9 Å². The molecule has 11 heavy (non-hydrogen) atoms. The fraction of sp³-hybridized carbons (Fsp3) is 0.667. The van der Waals surface area contributed by atoms with Gasteiger partial charge in [0, 0.05) is 6.92 Å². The van der Waals surface area contributed by atoms with Crippen molar-refractivity contribution in [2.45, 2.75) is 33.8 Å². The highest BCUT2D eigenvalue weighted by molar-refractivity contribution is 5.66. The average Bonchev–Trinajstić information content (AvgIpc) is 1.86. The number of carbonyl (C=O) groups is 1. The minimum atomic E-state index is -0.221. The van der Waals surface area contributed by atoms with Gasteiger partial charge < -0.3 is 4.74 Å².